The van der Waals surface area contributed by atoms with Crippen LogP contribution in [-0.2, 0) is 20.0 Å². The Balaban J connectivity index is 2.15. The van der Waals surface area contributed by atoms with Crippen molar-refractivity contribution in [3.63, 3.8) is 0 Å². The molecular weight excluding hydrogens is 286 g/mol. The van der Waals surface area contributed by atoms with E-state index in [9.17, 15) is 16.8 Å². The van der Waals surface area contributed by atoms with Gasteiger partial charge in [-0.1, -0.05) is 25.7 Å². The summed E-state index contributed by atoms with van der Waals surface area (Å²) in [6.07, 6.45) is 7.13. The van der Waals surface area contributed by atoms with Crippen molar-refractivity contribution in [1.82, 2.24) is 4.13 Å². The fraction of sp³-hybridized carbons (Fsp3) is 0.833. The number of sulfonamides is 2. The molecule has 7 heteroatoms. The molecule has 0 aromatic heterocycles. The maximum atomic E-state index is 12.2. The van der Waals surface area contributed by atoms with Gasteiger partial charge in [0.15, 0.2) is 0 Å². The van der Waals surface area contributed by atoms with Crippen molar-refractivity contribution in [2.45, 2.75) is 51.4 Å². The summed E-state index contributed by atoms with van der Waals surface area (Å²) in [4.78, 5) is 0.411. The van der Waals surface area contributed by atoms with Crippen molar-refractivity contribution >= 4 is 20.0 Å². The molecule has 2 aliphatic carbocycles. The second kappa shape index (κ2) is 4.56. The van der Waals surface area contributed by atoms with Crippen molar-refractivity contribution in [3.8, 4) is 0 Å². The van der Waals surface area contributed by atoms with Crippen LogP contribution in [0.4, 0.5) is 0 Å². The van der Waals surface area contributed by atoms with E-state index in [4.69, 9.17) is 0 Å². The third-order valence-electron chi connectivity index (χ3n) is 4.49. The molecule has 108 valence electrons. The Morgan fingerprint density at radius 3 is 1.32 bits per heavy atom. The van der Waals surface area contributed by atoms with Gasteiger partial charge in [0.25, 0.3) is 20.0 Å². The van der Waals surface area contributed by atoms with Gasteiger partial charge in [0.1, 0.15) is 0 Å². The average Bonchev–Trinajstić information content (AvgIpc) is 2.97. The van der Waals surface area contributed by atoms with E-state index >= 15 is 0 Å². The fourth-order valence-corrected chi connectivity index (χ4v) is 8.46. The third kappa shape index (κ3) is 2.25. The summed E-state index contributed by atoms with van der Waals surface area (Å²) >= 11 is 0. The second-order valence-electron chi connectivity index (χ2n) is 5.78. The summed E-state index contributed by atoms with van der Waals surface area (Å²) in [6.45, 7) is 0. The minimum Gasteiger partial charge on any atom is -0.206 e. The Bertz CT molecular complexity index is 552. The van der Waals surface area contributed by atoms with Crippen LogP contribution in [0.1, 0.15) is 51.4 Å². The second-order valence-corrected chi connectivity index (χ2v) is 9.34. The number of hydrogen-bond donors (Lipinski definition) is 1. The van der Waals surface area contributed by atoms with E-state index in [1.54, 1.807) is 0 Å². The molecule has 5 nitrogen and oxygen atoms in total. The third-order valence-corrected chi connectivity index (χ3v) is 8.64. The summed E-state index contributed by atoms with van der Waals surface area (Å²) < 4.78 is 50.6. The summed E-state index contributed by atoms with van der Waals surface area (Å²) in [7, 11) is -7.65. The largest absolute Gasteiger partial charge is 0.251 e. The predicted octanol–water partition coefficient (Wildman–Crippen LogP) is 1.84. The molecule has 3 aliphatic rings. The first-order valence-electron chi connectivity index (χ1n) is 6.94. The standard InChI is InChI=1S/C12H19NO4S2/c14-18(15)11(9-5-1-2-6-9)12(19(16,17)13-18)10-7-3-4-8-10/h9-10,13H,1-8H2. The summed E-state index contributed by atoms with van der Waals surface area (Å²) in [5.41, 5.74) is 0. The molecule has 0 amide bonds. The number of hydrogen-bond acceptors (Lipinski definition) is 4. The van der Waals surface area contributed by atoms with Crippen molar-refractivity contribution in [3.05, 3.63) is 9.81 Å². The Morgan fingerprint density at radius 1 is 0.684 bits per heavy atom. The molecule has 19 heavy (non-hydrogen) atoms. The number of rotatable bonds is 2. The highest BCUT2D eigenvalue weighted by molar-refractivity contribution is 8.11. The quantitative estimate of drug-likeness (QED) is 0.844. The van der Waals surface area contributed by atoms with E-state index in [0.29, 0.717) is 0 Å². The maximum absolute atomic E-state index is 12.2. The van der Waals surface area contributed by atoms with Crippen LogP contribution in [0.15, 0.2) is 9.81 Å². The molecular formula is C12H19NO4S2. The van der Waals surface area contributed by atoms with Crippen LogP contribution < -0.4 is 4.13 Å². The first kappa shape index (κ1) is 13.6. The molecule has 0 unspecified atom stereocenters. The van der Waals surface area contributed by atoms with E-state index in [-0.39, 0.29) is 21.6 Å². The smallest absolute Gasteiger partial charge is 0.206 e. The highest BCUT2D eigenvalue weighted by Crippen LogP contribution is 2.45. The zero-order valence-electron chi connectivity index (χ0n) is 10.8. The zero-order chi connectivity index (χ0) is 13.7. The van der Waals surface area contributed by atoms with Crippen LogP contribution in [-0.4, -0.2) is 16.8 Å². The average molecular weight is 305 g/mol. The van der Waals surface area contributed by atoms with E-state index in [1.165, 1.54) is 0 Å². The van der Waals surface area contributed by atoms with E-state index < -0.39 is 20.0 Å². The van der Waals surface area contributed by atoms with Crippen LogP contribution in [0, 0.1) is 11.8 Å². The molecule has 1 aliphatic heterocycles. The zero-order valence-corrected chi connectivity index (χ0v) is 12.4. The SMILES string of the molecule is O=S1(=O)NS(=O)(=O)C(C2CCCC2)=C1C1CCCC1. The minimum atomic E-state index is -3.82. The normalized spacial score (nSPS) is 31.4. The van der Waals surface area contributed by atoms with Gasteiger partial charge in [-0.05, 0) is 37.5 Å². The van der Waals surface area contributed by atoms with Gasteiger partial charge in [-0.3, -0.25) is 0 Å². The van der Waals surface area contributed by atoms with Crippen LogP contribution in [0.5, 0.6) is 0 Å². The van der Waals surface area contributed by atoms with Crippen LogP contribution >= 0.6 is 0 Å². The van der Waals surface area contributed by atoms with Crippen molar-refractivity contribution < 1.29 is 16.8 Å². The lowest BCUT2D eigenvalue weighted by Crippen LogP contribution is -2.25. The molecule has 2 fully saturated rings. The molecule has 0 saturated heterocycles. The van der Waals surface area contributed by atoms with Crippen molar-refractivity contribution in [2.75, 3.05) is 0 Å². The predicted molar refractivity (Wildman–Crippen MR) is 71.9 cm³/mol. The topological polar surface area (TPSA) is 80.3 Å². The van der Waals surface area contributed by atoms with E-state index in [0.717, 1.165) is 51.4 Å². The molecule has 0 atom stereocenters. The molecule has 3 rings (SSSR count). The highest BCUT2D eigenvalue weighted by Gasteiger charge is 2.47. The van der Waals surface area contributed by atoms with Crippen LogP contribution in [0.2, 0.25) is 0 Å². The van der Waals surface area contributed by atoms with Gasteiger partial charge >= 0.3 is 0 Å². The lowest BCUT2D eigenvalue weighted by Gasteiger charge is -2.14. The fourth-order valence-electron chi connectivity index (χ4n) is 3.72. The first-order valence-corrected chi connectivity index (χ1v) is 9.91. The molecule has 0 bridgehead atoms. The molecule has 0 spiro atoms. The molecule has 0 aromatic carbocycles. The lowest BCUT2D eigenvalue weighted by atomic mass is 10.0. The van der Waals surface area contributed by atoms with Gasteiger partial charge in [-0.25, -0.2) is 16.8 Å². The number of nitrogens with one attached hydrogen (secondary N) is 1. The van der Waals surface area contributed by atoms with Gasteiger partial charge in [0.05, 0.1) is 9.81 Å². The highest BCUT2D eigenvalue weighted by atomic mass is 32.3. The molecule has 0 radical (unpaired) electrons. The van der Waals surface area contributed by atoms with Gasteiger partial charge in [0.2, 0.25) is 0 Å². The maximum Gasteiger partial charge on any atom is 0.251 e. The Morgan fingerprint density at radius 2 is 1.00 bits per heavy atom. The van der Waals surface area contributed by atoms with Gasteiger partial charge in [-0.2, -0.15) is 0 Å². The Kier molecular flexibility index (Phi) is 3.26. The van der Waals surface area contributed by atoms with E-state index in [1.807, 2.05) is 4.13 Å². The minimum absolute atomic E-state index is 0.0922. The van der Waals surface area contributed by atoms with Crippen molar-refractivity contribution in [2.24, 2.45) is 11.8 Å². The van der Waals surface area contributed by atoms with E-state index in [2.05, 4.69) is 0 Å². The van der Waals surface area contributed by atoms with Crippen LogP contribution in [0.25, 0.3) is 0 Å². The van der Waals surface area contributed by atoms with Crippen LogP contribution in [0.3, 0.4) is 0 Å². The summed E-state index contributed by atoms with van der Waals surface area (Å²) in [6, 6.07) is 0. The first-order chi connectivity index (χ1) is 8.92. The van der Waals surface area contributed by atoms with Crippen molar-refractivity contribution in [1.29, 1.82) is 0 Å². The molecule has 2 saturated carbocycles. The summed E-state index contributed by atoms with van der Waals surface area (Å²) in [5.74, 6) is -0.184. The Labute approximate surface area is 114 Å². The monoisotopic (exact) mass is 305 g/mol. The lowest BCUT2D eigenvalue weighted by molar-refractivity contribution is 0.576. The molecule has 1 heterocycles. The van der Waals surface area contributed by atoms with Gasteiger partial charge < -0.3 is 0 Å². The molecule has 0 aromatic rings. The van der Waals surface area contributed by atoms with Gasteiger partial charge in [-0.15, -0.1) is 4.13 Å². The molecule has 1 N–H and O–H groups in total. The Hall–Kier alpha value is -0.400. The number of allylic oxidation sites excluding steroid dienone is 2. The van der Waals surface area contributed by atoms with Gasteiger partial charge in [0, 0.05) is 0 Å². The summed E-state index contributed by atoms with van der Waals surface area (Å²) in [5, 5.41) is 0.